The van der Waals surface area contributed by atoms with Gasteiger partial charge < -0.3 is 0 Å². The Morgan fingerprint density at radius 3 is 2.52 bits per heavy atom. The smallest absolute Gasteiger partial charge is 0.161 e. The highest BCUT2D eigenvalue weighted by molar-refractivity contribution is 6.34. The predicted octanol–water partition coefficient (Wildman–Crippen LogP) is 4.40. The van der Waals surface area contributed by atoms with Crippen molar-refractivity contribution in [2.75, 3.05) is 0 Å². The molecule has 0 radical (unpaired) electrons. The van der Waals surface area contributed by atoms with Crippen molar-refractivity contribution in [2.45, 2.75) is 6.92 Å². The van der Waals surface area contributed by atoms with Crippen LogP contribution in [0.2, 0.25) is 5.02 Å². The summed E-state index contributed by atoms with van der Waals surface area (Å²) in [6.07, 6.45) is 1.75. The summed E-state index contributed by atoms with van der Waals surface area (Å²) in [5, 5.41) is 4.82. The molecule has 0 aliphatic rings. The first kappa shape index (κ1) is 13.6. The Labute approximate surface area is 127 Å². The summed E-state index contributed by atoms with van der Waals surface area (Å²) in [5.74, 6) is -0.0388. The Morgan fingerprint density at radius 2 is 1.86 bits per heavy atom. The van der Waals surface area contributed by atoms with Crippen LogP contribution in [0.1, 0.15) is 17.3 Å². The van der Waals surface area contributed by atoms with Crippen molar-refractivity contribution in [1.82, 2.24) is 9.78 Å². The van der Waals surface area contributed by atoms with Gasteiger partial charge in [-0.3, -0.25) is 4.79 Å². The van der Waals surface area contributed by atoms with Crippen LogP contribution in [0.5, 0.6) is 0 Å². The van der Waals surface area contributed by atoms with Gasteiger partial charge in [-0.1, -0.05) is 35.9 Å². The van der Waals surface area contributed by atoms with Gasteiger partial charge in [-0.15, -0.1) is 0 Å². The third-order valence-corrected chi connectivity index (χ3v) is 3.60. The molecular weight excluding hydrogens is 284 g/mol. The maximum atomic E-state index is 11.5. The lowest BCUT2D eigenvalue weighted by Crippen LogP contribution is -1.99. The molecule has 2 aromatic carbocycles. The van der Waals surface area contributed by atoms with Crippen molar-refractivity contribution in [3.05, 3.63) is 71.4 Å². The van der Waals surface area contributed by atoms with E-state index in [9.17, 15) is 4.79 Å². The number of aromatic nitrogens is 2. The molecule has 1 heterocycles. The standard InChI is InChI=1S/C17H13ClN2O/c1-12(21)15-8-7-13(11-16(15)18)17-9-10-19-20(17)14-5-3-2-4-6-14/h2-11H,1H3. The molecule has 0 saturated carbocycles. The molecule has 0 bridgehead atoms. The number of rotatable bonds is 3. The number of nitrogens with zero attached hydrogens (tertiary/aromatic N) is 2. The van der Waals surface area contributed by atoms with Crippen LogP contribution in [0.4, 0.5) is 0 Å². The minimum Gasteiger partial charge on any atom is -0.294 e. The molecule has 3 nitrogen and oxygen atoms in total. The van der Waals surface area contributed by atoms with Crippen LogP contribution < -0.4 is 0 Å². The fourth-order valence-corrected chi connectivity index (χ4v) is 2.57. The summed E-state index contributed by atoms with van der Waals surface area (Å²) in [7, 11) is 0. The van der Waals surface area contributed by atoms with E-state index in [2.05, 4.69) is 5.10 Å². The molecule has 0 saturated heterocycles. The highest BCUT2D eigenvalue weighted by Gasteiger charge is 2.11. The van der Waals surface area contributed by atoms with E-state index in [-0.39, 0.29) is 5.78 Å². The third-order valence-electron chi connectivity index (χ3n) is 3.29. The first-order valence-corrected chi connectivity index (χ1v) is 6.95. The van der Waals surface area contributed by atoms with Crippen LogP contribution in [0.25, 0.3) is 16.9 Å². The van der Waals surface area contributed by atoms with Crippen LogP contribution in [-0.4, -0.2) is 15.6 Å². The van der Waals surface area contributed by atoms with E-state index in [1.54, 1.807) is 18.3 Å². The molecule has 3 rings (SSSR count). The van der Waals surface area contributed by atoms with Crippen LogP contribution in [0.15, 0.2) is 60.8 Å². The highest BCUT2D eigenvalue weighted by Crippen LogP contribution is 2.27. The molecule has 0 spiro atoms. The zero-order valence-electron chi connectivity index (χ0n) is 11.5. The maximum absolute atomic E-state index is 11.5. The van der Waals surface area contributed by atoms with E-state index in [0.29, 0.717) is 10.6 Å². The first-order chi connectivity index (χ1) is 10.2. The van der Waals surface area contributed by atoms with Crippen molar-refractivity contribution >= 4 is 17.4 Å². The largest absolute Gasteiger partial charge is 0.294 e. The van der Waals surface area contributed by atoms with Gasteiger partial charge in [0.1, 0.15) is 0 Å². The summed E-state index contributed by atoms with van der Waals surface area (Å²) >= 11 is 6.19. The van der Waals surface area contributed by atoms with Gasteiger partial charge in [-0.05, 0) is 37.3 Å². The molecule has 4 heteroatoms. The predicted molar refractivity (Wildman–Crippen MR) is 84.0 cm³/mol. The fourth-order valence-electron chi connectivity index (χ4n) is 2.26. The Morgan fingerprint density at radius 1 is 1.10 bits per heavy atom. The SMILES string of the molecule is CC(=O)c1ccc(-c2ccnn2-c2ccccc2)cc1Cl. The maximum Gasteiger partial charge on any atom is 0.161 e. The van der Waals surface area contributed by atoms with Crippen molar-refractivity contribution in [3.63, 3.8) is 0 Å². The monoisotopic (exact) mass is 296 g/mol. The first-order valence-electron chi connectivity index (χ1n) is 6.57. The molecule has 3 aromatic rings. The highest BCUT2D eigenvalue weighted by atomic mass is 35.5. The van der Waals surface area contributed by atoms with Gasteiger partial charge >= 0.3 is 0 Å². The summed E-state index contributed by atoms with van der Waals surface area (Å²) in [6, 6.07) is 17.2. The Balaban J connectivity index is 2.09. The van der Waals surface area contributed by atoms with Crippen LogP contribution >= 0.6 is 11.6 Å². The van der Waals surface area contributed by atoms with Crippen LogP contribution in [0.3, 0.4) is 0 Å². The van der Waals surface area contributed by atoms with E-state index in [1.165, 1.54) is 6.92 Å². The Kier molecular flexibility index (Phi) is 3.59. The molecule has 0 aliphatic carbocycles. The molecule has 0 unspecified atom stereocenters. The number of hydrogen-bond donors (Lipinski definition) is 0. The quantitative estimate of drug-likeness (QED) is 0.672. The molecule has 0 atom stereocenters. The topological polar surface area (TPSA) is 34.9 Å². The number of benzene rings is 2. The minimum absolute atomic E-state index is 0.0388. The van der Waals surface area contributed by atoms with Gasteiger partial charge in [0.25, 0.3) is 0 Å². The number of carbonyl (C=O) groups is 1. The van der Waals surface area contributed by atoms with Crippen molar-refractivity contribution in [1.29, 1.82) is 0 Å². The van der Waals surface area contributed by atoms with Gasteiger partial charge in [-0.25, -0.2) is 4.68 Å². The number of ketones is 1. The lowest BCUT2D eigenvalue weighted by Gasteiger charge is -2.09. The molecule has 104 valence electrons. The number of hydrogen-bond acceptors (Lipinski definition) is 2. The molecule has 0 aliphatic heterocycles. The average molecular weight is 297 g/mol. The van der Waals surface area contributed by atoms with Gasteiger partial charge in [0.15, 0.2) is 5.78 Å². The lowest BCUT2D eigenvalue weighted by molar-refractivity contribution is 0.101. The second-order valence-corrected chi connectivity index (χ2v) is 5.12. The van der Waals surface area contributed by atoms with Gasteiger partial charge in [0, 0.05) is 11.1 Å². The Bertz CT molecular complexity index is 794. The van der Waals surface area contributed by atoms with Crippen molar-refractivity contribution in [2.24, 2.45) is 0 Å². The Hall–Kier alpha value is -2.39. The van der Waals surface area contributed by atoms with E-state index >= 15 is 0 Å². The normalized spacial score (nSPS) is 10.6. The summed E-state index contributed by atoms with van der Waals surface area (Å²) in [5.41, 5.74) is 3.36. The molecular formula is C17H13ClN2O. The van der Waals surface area contributed by atoms with Crippen molar-refractivity contribution in [3.8, 4) is 16.9 Å². The summed E-state index contributed by atoms with van der Waals surface area (Å²) < 4.78 is 1.85. The van der Waals surface area contributed by atoms with Gasteiger partial charge in [0.2, 0.25) is 0 Å². The molecule has 21 heavy (non-hydrogen) atoms. The average Bonchev–Trinajstić information content (AvgIpc) is 2.97. The minimum atomic E-state index is -0.0388. The number of para-hydroxylation sites is 1. The van der Waals surface area contributed by atoms with Crippen LogP contribution in [0, 0.1) is 0 Å². The summed E-state index contributed by atoms with van der Waals surface area (Å²) in [4.78, 5) is 11.5. The number of carbonyl (C=O) groups excluding carboxylic acids is 1. The molecule has 0 N–H and O–H groups in total. The summed E-state index contributed by atoms with van der Waals surface area (Å²) in [6.45, 7) is 1.51. The second-order valence-electron chi connectivity index (χ2n) is 4.71. The van der Waals surface area contributed by atoms with E-state index < -0.39 is 0 Å². The van der Waals surface area contributed by atoms with E-state index in [1.807, 2.05) is 47.1 Å². The van der Waals surface area contributed by atoms with E-state index in [4.69, 9.17) is 11.6 Å². The zero-order chi connectivity index (χ0) is 14.8. The zero-order valence-corrected chi connectivity index (χ0v) is 12.2. The lowest BCUT2D eigenvalue weighted by atomic mass is 10.1. The number of Topliss-reactive ketones (excluding diaryl/α,β-unsaturated/α-hetero) is 1. The van der Waals surface area contributed by atoms with E-state index in [0.717, 1.165) is 16.9 Å². The van der Waals surface area contributed by atoms with Crippen LogP contribution in [-0.2, 0) is 0 Å². The molecule has 1 aromatic heterocycles. The number of halogens is 1. The fraction of sp³-hybridized carbons (Fsp3) is 0.0588. The second kappa shape index (κ2) is 5.54. The van der Waals surface area contributed by atoms with Crippen molar-refractivity contribution < 1.29 is 4.79 Å². The third kappa shape index (κ3) is 2.60. The van der Waals surface area contributed by atoms with Gasteiger partial charge in [0.05, 0.1) is 22.6 Å². The molecule has 0 amide bonds. The molecule has 0 fully saturated rings. The van der Waals surface area contributed by atoms with Gasteiger partial charge in [-0.2, -0.15) is 5.10 Å².